The number of methoxy groups -OCH3 is 1. The second-order valence-corrected chi connectivity index (χ2v) is 7.50. The molecule has 1 saturated carbocycles. The van der Waals surface area contributed by atoms with Gasteiger partial charge in [0.1, 0.15) is 22.6 Å². The van der Waals surface area contributed by atoms with E-state index < -0.39 is 0 Å². The third-order valence-electron chi connectivity index (χ3n) is 5.24. The number of hydrogen-bond acceptors (Lipinski definition) is 4. The molecule has 0 saturated heterocycles. The Bertz CT molecular complexity index is 1120. The van der Waals surface area contributed by atoms with E-state index in [9.17, 15) is 0 Å². The molecule has 2 aromatic heterocycles. The number of ether oxygens (including phenoxy) is 1. The predicted octanol–water partition coefficient (Wildman–Crippen LogP) is 4.81. The summed E-state index contributed by atoms with van der Waals surface area (Å²) in [5.41, 5.74) is 3.91. The van der Waals surface area contributed by atoms with Crippen LogP contribution in [0.2, 0.25) is 5.15 Å². The van der Waals surface area contributed by atoms with Crippen molar-refractivity contribution in [2.75, 3.05) is 7.11 Å². The highest BCUT2D eigenvalue weighted by atomic mass is 35.5. The van der Waals surface area contributed by atoms with Crippen LogP contribution in [0.5, 0.6) is 5.75 Å². The number of hydrogen-bond donors (Lipinski definition) is 0. The molecule has 2 atom stereocenters. The lowest BCUT2D eigenvalue weighted by atomic mass is 10.1. The lowest BCUT2D eigenvalue weighted by molar-refractivity contribution is 0.414. The molecule has 5 rings (SSSR count). The topological polar surface area (TPSA) is 52.8 Å². The minimum absolute atomic E-state index is 0.328. The van der Waals surface area contributed by atoms with Gasteiger partial charge < -0.3 is 4.74 Å². The molecule has 1 fully saturated rings. The Morgan fingerprint density at radius 3 is 2.57 bits per heavy atom. The third kappa shape index (κ3) is 3.22. The highest BCUT2D eigenvalue weighted by Gasteiger charge is 2.42. The molecular weight excluding hydrogens is 372 g/mol. The average molecular weight is 391 g/mol. The zero-order chi connectivity index (χ0) is 19.1. The molecule has 4 aromatic rings. The lowest BCUT2D eigenvalue weighted by Crippen LogP contribution is -1.99. The van der Waals surface area contributed by atoms with Gasteiger partial charge in [0.25, 0.3) is 0 Å². The van der Waals surface area contributed by atoms with E-state index in [0.29, 0.717) is 29.1 Å². The van der Waals surface area contributed by atoms with E-state index in [0.717, 1.165) is 29.1 Å². The average Bonchev–Trinajstić information content (AvgIpc) is 3.43. The zero-order valence-electron chi connectivity index (χ0n) is 15.4. The fourth-order valence-corrected chi connectivity index (χ4v) is 3.88. The third-order valence-corrected chi connectivity index (χ3v) is 5.50. The first-order valence-electron chi connectivity index (χ1n) is 9.30. The molecule has 0 N–H and O–H groups in total. The Balaban J connectivity index is 1.40. The van der Waals surface area contributed by atoms with Crippen molar-refractivity contribution >= 4 is 22.6 Å². The second-order valence-electron chi connectivity index (χ2n) is 7.14. The normalized spacial score (nSPS) is 18.4. The summed E-state index contributed by atoms with van der Waals surface area (Å²) < 4.78 is 7.07. The van der Waals surface area contributed by atoms with Gasteiger partial charge in [-0.1, -0.05) is 54.1 Å². The summed E-state index contributed by atoms with van der Waals surface area (Å²) in [6, 6.07) is 18.5. The van der Waals surface area contributed by atoms with E-state index in [1.165, 1.54) is 5.56 Å². The van der Waals surface area contributed by atoms with Gasteiger partial charge >= 0.3 is 0 Å². The van der Waals surface area contributed by atoms with E-state index in [4.69, 9.17) is 21.3 Å². The van der Waals surface area contributed by atoms with Crippen molar-refractivity contribution < 1.29 is 4.74 Å². The van der Waals surface area contributed by atoms with Crippen molar-refractivity contribution in [3.05, 3.63) is 82.9 Å². The van der Waals surface area contributed by atoms with Crippen molar-refractivity contribution in [1.29, 1.82) is 0 Å². The van der Waals surface area contributed by atoms with Crippen LogP contribution in [-0.2, 0) is 6.54 Å². The van der Waals surface area contributed by atoms with Gasteiger partial charge in [-0.2, -0.15) is 5.10 Å². The van der Waals surface area contributed by atoms with E-state index in [-0.39, 0.29) is 0 Å². The summed E-state index contributed by atoms with van der Waals surface area (Å²) in [6.07, 6.45) is 3.00. The van der Waals surface area contributed by atoms with Crippen molar-refractivity contribution in [2.45, 2.75) is 24.8 Å². The standard InChI is InChI=1S/C22H19ClN4O/c1-28-16-9-7-14(8-10-16)12-27-13-19-20(26-27)21(23)25-22(24-19)18-11-17(18)15-5-3-2-4-6-15/h2-10,13,17-18H,11-12H2,1H3. The summed E-state index contributed by atoms with van der Waals surface area (Å²) in [4.78, 5) is 9.31. The van der Waals surface area contributed by atoms with Crippen molar-refractivity contribution in [3.8, 4) is 5.75 Å². The van der Waals surface area contributed by atoms with Crippen LogP contribution < -0.4 is 4.74 Å². The molecule has 2 aromatic carbocycles. The van der Waals surface area contributed by atoms with Gasteiger partial charge in [-0.05, 0) is 35.6 Å². The van der Waals surface area contributed by atoms with Crippen LogP contribution >= 0.6 is 11.6 Å². The number of halogens is 1. The molecule has 2 heterocycles. The maximum atomic E-state index is 6.44. The van der Waals surface area contributed by atoms with Crippen LogP contribution in [0.15, 0.2) is 60.8 Å². The van der Waals surface area contributed by atoms with Gasteiger partial charge in [-0.3, -0.25) is 4.68 Å². The quantitative estimate of drug-likeness (QED) is 0.459. The van der Waals surface area contributed by atoms with E-state index in [2.05, 4.69) is 34.3 Å². The van der Waals surface area contributed by atoms with Gasteiger partial charge in [0, 0.05) is 5.92 Å². The van der Waals surface area contributed by atoms with Crippen molar-refractivity contribution in [1.82, 2.24) is 19.7 Å². The first-order valence-corrected chi connectivity index (χ1v) is 9.67. The van der Waals surface area contributed by atoms with E-state index >= 15 is 0 Å². The maximum Gasteiger partial charge on any atom is 0.160 e. The van der Waals surface area contributed by atoms with Crippen LogP contribution in [0.25, 0.3) is 11.0 Å². The Hall–Kier alpha value is -2.92. The molecule has 1 aliphatic rings. The van der Waals surface area contributed by atoms with E-state index in [1.54, 1.807) is 7.11 Å². The highest BCUT2D eigenvalue weighted by molar-refractivity contribution is 6.33. The minimum Gasteiger partial charge on any atom is -0.497 e. The van der Waals surface area contributed by atoms with Gasteiger partial charge in [0.2, 0.25) is 0 Å². The highest BCUT2D eigenvalue weighted by Crippen LogP contribution is 2.53. The first kappa shape index (κ1) is 17.2. The predicted molar refractivity (Wildman–Crippen MR) is 109 cm³/mol. The summed E-state index contributed by atoms with van der Waals surface area (Å²) >= 11 is 6.44. The van der Waals surface area contributed by atoms with Crippen LogP contribution in [-0.4, -0.2) is 26.9 Å². The Morgan fingerprint density at radius 1 is 1.04 bits per heavy atom. The van der Waals surface area contributed by atoms with Crippen molar-refractivity contribution in [2.24, 2.45) is 0 Å². The zero-order valence-corrected chi connectivity index (χ0v) is 16.2. The summed E-state index contributed by atoms with van der Waals surface area (Å²) in [5, 5.41) is 5.00. The Morgan fingerprint density at radius 2 is 1.82 bits per heavy atom. The van der Waals surface area contributed by atoms with Gasteiger partial charge in [-0.15, -0.1) is 0 Å². The Labute approximate surface area is 168 Å². The van der Waals surface area contributed by atoms with Gasteiger partial charge in [0.15, 0.2) is 5.15 Å². The summed E-state index contributed by atoms with van der Waals surface area (Å²) in [6.45, 7) is 0.641. The molecule has 0 radical (unpaired) electrons. The number of aromatic nitrogens is 4. The second kappa shape index (κ2) is 6.91. The fourth-order valence-electron chi connectivity index (χ4n) is 3.66. The van der Waals surface area contributed by atoms with Gasteiger partial charge in [0.05, 0.1) is 19.9 Å². The number of benzene rings is 2. The Kier molecular flexibility index (Phi) is 4.24. The largest absolute Gasteiger partial charge is 0.497 e. The fraction of sp³-hybridized carbons (Fsp3) is 0.227. The van der Waals surface area contributed by atoms with Gasteiger partial charge in [-0.25, -0.2) is 9.97 Å². The molecule has 28 heavy (non-hydrogen) atoms. The molecule has 5 nitrogen and oxygen atoms in total. The van der Waals surface area contributed by atoms with Crippen LogP contribution in [0.3, 0.4) is 0 Å². The monoisotopic (exact) mass is 390 g/mol. The molecular formula is C22H19ClN4O. The molecule has 2 unspecified atom stereocenters. The van der Waals surface area contributed by atoms with Crippen LogP contribution in [0.4, 0.5) is 0 Å². The molecule has 6 heteroatoms. The number of rotatable bonds is 5. The molecule has 1 aliphatic carbocycles. The van der Waals surface area contributed by atoms with E-state index in [1.807, 2.05) is 41.2 Å². The minimum atomic E-state index is 0.328. The summed E-state index contributed by atoms with van der Waals surface area (Å²) in [7, 11) is 1.66. The molecule has 0 spiro atoms. The summed E-state index contributed by atoms with van der Waals surface area (Å²) in [5.74, 6) is 2.46. The first-order chi connectivity index (χ1) is 13.7. The molecule has 0 amide bonds. The van der Waals surface area contributed by atoms with Crippen LogP contribution in [0.1, 0.15) is 35.2 Å². The molecule has 0 aliphatic heterocycles. The SMILES string of the molecule is COc1ccc(Cn2cc3nc(C4CC4c4ccccc4)nc(Cl)c3n2)cc1. The smallest absolute Gasteiger partial charge is 0.160 e. The lowest BCUT2D eigenvalue weighted by Gasteiger charge is -2.03. The van der Waals surface area contributed by atoms with Crippen LogP contribution in [0, 0.1) is 0 Å². The maximum absolute atomic E-state index is 6.44. The molecule has 0 bridgehead atoms. The number of nitrogens with zero attached hydrogens (tertiary/aromatic N) is 4. The van der Waals surface area contributed by atoms with Crippen molar-refractivity contribution in [3.63, 3.8) is 0 Å². The molecule has 140 valence electrons. The number of fused-ring (bicyclic) bond motifs is 1.